The Bertz CT molecular complexity index is 245. The van der Waals surface area contributed by atoms with Crippen LogP contribution in [-0.4, -0.2) is 0 Å². The number of hydrogen-bond donors (Lipinski definition) is 0. The number of rotatable bonds is 1. The van der Waals surface area contributed by atoms with Crippen molar-refractivity contribution in [3.8, 4) is 0 Å². The Labute approximate surface area is 80.7 Å². The van der Waals surface area contributed by atoms with Gasteiger partial charge in [-0.05, 0) is 42.7 Å². The third-order valence-corrected chi connectivity index (χ3v) is 2.57. The van der Waals surface area contributed by atoms with Crippen LogP contribution < -0.4 is 0 Å². The summed E-state index contributed by atoms with van der Waals surface area (Å²) in [4.78, 5) is 0. The first kappa shape index (κ1) is 9.08. The van der Waals surface area contributed by atoms with Gasteiger partial charge >= 0.3 is 0 Å². The lowest BCUT2D eigenvalue weighted by atomic mass is 10.1. The predicted octanol–water partition coefficient (Wildman–Crippen LogP) is 3.85. The van der Waals surface area contributed by atoms with Crippen molar-refractivity contribution in [2.45, 2.75) is 19.2 Å². The van der Waals surface area contributed by atoms with E-state index < -0.39 is 0 Å². The van der Waals surface area contributed by atoms with Gasteiger partial charge in [0.15, 0.2) is 0 Å². The first-order valence-corrected chi connectivity index (χ1v) is 4.96. The van der Waals surface area contributed by atoms with Gasteiger partial charge in [0, 0.05) is 10.4 Å². The molecule has 11 heavy (non-hydrogen) atoms. The van der Waals surface area contributed by atoms with E-state index in [2.05, 4.69) is 29.8 Å². The fraction of sp³-hybridized carbons (Fsp3) is 0.333. The van der Waals surface area contributed by atoms with Crippen LogP contribution in [-0.2, 0) is 5.33 Å². The molecule has 2 heteroatoms. The third kappa shape index (κ3) is 1.97. The summed E-state index contributed by atoms with van der Waals surface area (Å²) in [5.41, 5.74) is 3.85. The van der Waals surface area contributed by atoms with E-state index in [1.807, 2.05) is 12.1 Å². The number of aryl methyl sites for hydroxylation is 2. The third-order valence-electron chi connectivity index (χ3n) is 1.79. The van der Waals surface area contributed by atoms with Crippen molar-refractivity contribution in [2.75, 3.05) is 0 Å². The summed E-state index contributed by atoms with van der Waals surface area (Å²) in [5, 5.41) is 1.73. The molecule has 0 unspecified atom stereocenters. The molecule has 0 radical (unpaired) electrons. The number of alkyl halides is 1. The van der Waals surface area contributed by atoms with Crippen molar-refractivity contribution >= 4 is 27.5 Å². The van der Waals surface area contributed by atoms with Crippen LogP contribution in [0.3, 0.4) is 0 Å². The van der Waals surface area contributed by atoms with Gasteiger partial charge in [0.05, 0.1) is 0 Å². The minimum absolute atomic E-state index is 0.824. The zero-order valence-electron chi connectivity index (χ0n) is 6.62. The molecule has 1 aromatic rings. The Morgan fingerprint density at radius 1 is 1.27 bits per heavy atom. The van der Waals surface area contributed by atoms with Crippen LogP contribution in [0.4, 0.5) is 0 Å². The van der Waals surface area contributed by atoms with Crippen LogP contribution in [0, 0.1) is 13.8 Å². The van der Waals surface area contributed by atoms with Crippen molar-refractivity contribution in [3.63, 3.8) is 0 Å². The Morgan fingerprint density at radius 2 is 1.73 bits per heavy atom. The first-order chi connectivity index (χ1) is 5.15. The summed E-state index contributed by atoms with van der Waals surface area (Å²) in [5.74, 6) is 0. The molecule has 1 rings (SSSR count). The van der Waals surface area contributed by atoms with Gasteiger partial charge in [0.2, 0.25) is 0 Å². The molecular formula is C9H10BrCl. The molecule has 0 spiro atoms. The fourth-order valence-electron chi connectivity index (χ4n) is 1.15. The summed E-state index contributed by atoms with van der Waals surface area (Å²) >= 11 is 9.30. The molecule has 0 aliphatic carbocycles. The van der Waals surface area contributed by atoms with Crippen molar-refractivity contribution in [1.82, 2.24) is 0 Å². The van der Waals surface area contributed by atoms with Gasteiger partial charge in [-0.25, -0.2) is 0 Å². The van der Waals surface area contributed by atoms with Crippen LogP contribution in [0.15, 0.2) is 12.1 Å². The topological polar surface area (TPSA) is 0 Å². The Kier molecular flexibility index (Phi) is 2.97. The molecule has 0 bridgehead atoms. The molecule has 1 aromatic carbocycles. The maximum absolute atomic E-state index is 5.86. The van der Waals surface area contributed by atoms with Crippen molar-refractivity contribution in [3.05, 3.63) is 33.8 Å². The van der Waals surface area contributed by atoms with E-state index in [1.54, 1.807) is 0 Å². The Morgan fingerprint density at radius 3 is 2.09 bits per heavy atom. The molecular weight excluding hydrogens is 223 g/mol. The molecule has 0 atom stereocenters. The van der Waals surface area contributed by atoms with Crippen molar-refractivity contribution in [1.29, 1.82) is 0 Å². The van der Waals surface area contributed by atoms with Crippen LogP contribution >= 0.6 is 27.5 Å². The molecule has 0 saturated heterocycles. The maximum Gasteiger partial charge on any atom is 0.0411 e. The quantitative estimate of drug-likeness (QED) is 0.646. The largest absolute Gasteiger partial charge is 0.0876 e. The highest BCUT2D eigenvalue weighted by molar-refractivity contribution is 9.08. The molecule has 0 aliphatic heterocycles. The first-order valence-electron chi connectivity index (χ1n) is 3.46. The molecule has 0 nitrogen and oxygen atoms in total. The SMILES string of the molecule is Cc1cc(Cl)cc(C)c1CBr. The van der Waals surface area contributed by atoms with E-state index in [0.717, 1.165) is 10.4 Å². The van der Waals surface area contributed by atoms with E-state index in [0.29, 0.717) is 0 Å². The Hall–Kier alpha value is -0.0100. The molecule has 0 saturated carbocycles. The van der Waals surface area contributed by atoms with Gasteiger partial charge in [-0.15, -0.1) is 0 Å². The summed E-state index contributed by atoms with van der Waals surface area (Å²) in [6, 6.07) is 3.98. The highest BCUT2D eigenvalue weighted by Gasteiger charge is 2.01. The van der Waals surface area contributed by atoms with Gasteiger partial charge in [0.25, 0.3) is 0 Å². The van der Waals surface area contributed by atoms with Crippen LogP contribution in [0.25, 0.3) is 0 Å². The van der Waals surface area contributed by atoms with Gasteiger partial charge in [-0.1, -0.05) is 27.5 Å². The van der Waals surface area contributed by atoms with Crippen molar-refractivity contribution in [2.24, 2.45) is 0 Å². The molecule has 0 aromatic heterocycles. The second-order valence-electron chi connectivity index (χ2n) is 2.65. The monoisotopic (exact) mass is 232 g/mol. The van der Waals surface area contributed by atoms with Gasteiger partial charge in [-0.2, -0.15) is 0 Å². The Balaban J connectivity index is 3.25. The van der Waals surface area contributed by atoms with E-state index in [4.69, 9.17) is 11.6 Å². The molecule has 0 amide bonds. The average molecular weight is 234 g/mol. The van der Waals surface area contributed by atoms with E-state index in [-0.39, 0.29) is 0 Å². The normalized spacial score (nSPS) is 10.2. The standard InChI is InChI=1S/C9H10BrCl/c1-6-3-8(11)4-7(2)9(6)5-10/h3-4H,5H2,1-2H3. The number of benzene rings is 1. The van der Waals surface area contributed by atoms with Crippen LogP contribution in [0.2, 0.25) is 5.02 Å². The summed E-state index contributed by atoms with van der Waals surface area (Å²) in [7, 11) is 0. The fourth-order valence-corrected chi connectivity index (χ4v) is 2.36. The smallest absolute Gasteiger partial charge is 0.0411 e. The molecule has 0 heterocycles. The zero-order chi connectivity index (χ0) is 8.43. The van der Waals surface area contributed by atoms with Crippen molar-refractivity contribution < 1.29 is 0 Å². The van der Waals surface area contributed by atoms with Crippen LogP contribution in [0.1, 0.15) is 16.7 Å². The van der Waals surface area contributed by atoms with E-state index >= 15 is 0 Å². The number of hydrogen-bond acceptors (Lipinski definition) is 0. The summed E-state index contributed by atoms with van der Waals surface area (Å²) in [6.45, 7) is 4.16. The minimum atomic E-state index is 0.824. The van der Waals surface area contributed by atoms with Gasteiger partial charge in [-0.3, -0.25) is 0 Å². The summed E-state index contributed by atoms with van der Waals surface area (Å²) < 4.78 is 0. The molecule has 0 aliphatic rings. The second-order valence-corrected chi connectivity index (χ2v) is 3.65. The molecule has 0 fully saturated rings. The highest BCUT2D eigenvalue weighted by atomic mass is 79.9. The van der Waals surface area contributed by atoms with Gasteiger partial charge in [0.1, 0.15) is 0 Å². The highest BCUT2D eigenvalue weighted by Crippen LogP contribution is 2.21. The molecule has 0 N–H and O–H groups in total. The zero-order valence-corrected chi connectivity index (χ0v) is 8.96. The molecule has 60 valence electrons. The van der Waals surface area contributed by atoms with E-state index in [1.165, 1.54) is 16.7 Å². The lowest BCUT2D eigenvalue weighted by Gasteiger charge is -2.06. The average Bonchev–Trinajstić information content (AvgIpc) is 1.85. The lowest BCUT2D eigenvalue weighted by Crippen LogP contribution is -1.88. The maximum atomic E-state index is 5.86. The minimum Gasteiger partial charge on any atom is -0.0876 e. The predicted molar refractivity (Wildman–Crippen MR) is 53.6 cm³/mol. The second kappa shape index (κ2) is 3.59. The lowest BCUT2D eigenvalue weighted by molar-refractivity contribution is 1.25. The number of halogens is 2. The van der Waals surface area contributed by atoms with Crippen LogP contribution in [0.5, 0.6) is 0 Å². The van der Waals surface area contributed by atoms with E-state index in [9.17, 15) is 0 Å². The van der Waals surface area contributed by atoms with Gasteiger partial charge < -0.3 is 0 Å². The summed E-state index contributed by atoms with van der Waals surface area (Å²) in [6.07, 6.45) is 0.